The average molecular weight is 396 g/mol. The lowest BCUT2D eigenvalue weighted by Crippen LogP contribution is -2.32. The van der Waals surface area contributed by atoms with Crippen LogP contribution in [0.15, 0.2) is 36.5 Å². The third-order valence-corrected chi connectivity index (χ3v) is 5.50. The number of hydrogen-bond donors (Lipinski definition) is 2. The molecule has 1 aliphatic heterocycles. The minimum Gasteiger partial charge on any atom is -0.493 e. The van der Waals surface area contributed by atoms with Gasteiger partial charge in [0.25, 0.3) is 5.91 Å². The zero-order chi connectivity index (χ0) is 20.2. The highest BCUT2D eigenvalue weighted by molar-refractivity contribution is 5.94. The van der Waals surface area contributed by atoms with Crippen LogP contribution < -0.4 is 25.0 Å². The second kappa shape index (κ2) is 8.69. The van der Waals surface area contributed by atoms with Crippen LogP contribution in [0, 0.1) is 0 Å². The van der Waals surface area contributed by atoms with E-state index in [0.29, 0.717) is 24.2 Å². The van der Waals surface area contributed by atoms with E-state index in [0.717, 1.165) is 55.2 Å². The van der Waals surface area contributed by atoms with E-state index in [9.17, 15) is 4.79 Å². The first-order valence-corrected chi connectivity index (χ1v) is 10.1. The van der Waals surface area contributed by atoms with E-state index in [1.54, 1.807) is 20.4 Å². The summed E-state index contributed by atoms with van der Waals surface area (Å²) in [5, 5.41) is 6.61. The minimum absolute atomic E-state index is 0.0280. The number of para-hydroxylation sites is 1. The van der Waals surface area contributed by atoms with Crippen molar-refractivity contribution in [3.63, 3.8) is 0 Å². The molecule has 2 N–H and O–H groups in total. The molecule has 154 valence electrons. The molecule has 1 atom stereocenters. The number of nitrogens with zero attached hydrogens (tertiary/aromatic N) is 2. The van der Waals surface area contributed by atoms with Crippen molar-refractivity contribution < 1.29 is 14.3 Å². The fourth-order valence-electron chi connectivity index (χ4n) is 3.69. The Labute approximate surface area is 171 Å². The van der Waals surface area contributed by atoms with Gasteiger partial charge in [0.05, 0.1) is 19.8 Å². The molecule has 0 spiro atoms. The summed E-state index contributed by atoms with van der Waals surface area (Å²) >= 11 is 0. The third-order valence-electron chi connectivity index (χ3n) is 5.50. The molecule has 0 radical (unpaired) electrons. The second-order valence-corrected chi connectivity index (χ2v) is 7.62. The molecular weight excluding hydrogens is 368 g/mol. The topological polar surface area (TPSA) is 75.7 Å². The number of amides is 1. The SMILES string of the molecule is COc1cccc(CNC2CCN(c3ccc(C(=O)NC4CC4)cn3)C2)c1OC. The van der Waals surface area contributed by atoms with Crippen LogP contribution in [0.3, 0.4) is 0 Å². The van der Waals surface area contributed by atoms with Crippen LogP contribution in [-0.2, 0) is 6.54 Å². The number of anilines is 1. The Kier molecular flexibility index (Phi) is 5.85. The molecule has 2 fully saturated rings. The molecule has 1 saturated heterocycles. The monoisotopic (exact) mass is 396 g/mol. The molecule has 1 saturated carbocycles. The van der Waals surface area contributed by atoms with E-state index >= 15 is 0 Å². The number of nitrogens with one attached hydrogen (secondary N) is 2. The van der Waals surface area contributed by atoms with Crippen molar-refractivity contribution in [2.24, 2.45) is 0 Å². The number of carbonyl (C=O) groups excluding carboxylic acids is 1. The number of carbonyl (C=O) groups is 1. The molecule has 2 aliphatic rings. The third kappa shape index (κ3) is 4.62. The number of aromatic nitrogens is 1. The highest BCUT2D eigenvalue weighted by Crippen LogP contribution is 2.30. The summed E-state index contributed by atoms with van der Waals surface area (Å²) in [5.74, 6) is 2.41. The van der Waals surface area contributed by atoms with Crippen LogP contribution in [0.5, 0.6) is 11.5 Å². The van der Waals surface area contributed by atoms with Crippen molar-refractivity contribution >= 4 is 11.7 Å². The average Bonchev–Trinajstić information content (AvgIpc) is 3.45. The maximum atomic E-state index is 12.1. The van der Waals surface area contributed by atoms with Gasteiger partial charge in [-0.15, -0.1) is 0 Å². The van der Waals surface area contributed by atoms with Gasteiger partial charge in [0.15, 0.2) is 11.5 Å². The van der Waals surface area contributed by atoms with Crippen molar-refractivity contribution in [2.45, 2.75) is 37.9 Å². The summed E-state index contributed by atoms with van der Waals surface area (Å²) < 4.78 is 10.9. The molecule has 7 heteroatoms. The van der Waals surface area contributed by atoms with Crippen LogP contribution in [0.4, 0.5) is 5.82 Å². The van der Waals surface area contributed by atoms with E-state index in [2.05, 4.69) is 20.5 Å². The number of ether oxygens (including phenoxy) is 2. The number of pyridine rings is 1. The van der Waals surface area contributed by atoms with Gasteiger partial charge in [-0.2, -0.15) is 0 Å². The number of rotatable bonds is 8. The summed E-state index contributed by atoms with van der Waals surface area (Å²) in [6, 6.07) is 10.5. The molecule has 2 aromatic rings. The minimum atomic E-state index is -0.0280. The Hall–Kier alpha value is -2.80. The molecule has 1 aromatic carbocycles. The zero-order valence-corrected chi connectivity index (χ0v) is 17.0. The van der Waals surface area contributed by atoms with Gasteiger partial charge in [-0.05, 0) is 37.5 Å². The molecule has 2 heterocycles. The van der Waals surface area contributed by atoms with Crippen molar-refractivity contribution in [2.75, 3.05) is 32.2 Å². The largest absolute Gasteiger partial charge is 0.493 e. The van der Waals surface area contributed by atoms with Gasteiger partial charge in [0.1, 0.15) is 5.82 Å². The highest BCUT2D eigenvalue weighted by atomic mass is 16.5. The Morgan fingerprint density at radius 2 is 2.00 bits per heavy atom. The van der Waals surface area contributed by atoms with Crippen molar-refractivity contribution in [3.8, 4) is 11.5 Å². The Bertz CT molecular complexity index is 852. The van der Waals surface area contributed by atoms with Crippen LogP contribution in [-0.4, -0.2) is 50.3 Å². The summed E-state index contributed by atoms with van der Waals surface area (Å²) in [6.45, 7) is 2.53. The second-order valence-electron chi connectivity index (χ2n) is 7.62. The molecule has 7 nitrogen and oxygen atoms in total. The molecule has 4 rings (SSSR count). The van der Waals surface area contributed by atoms with Gasteiger partial charge in [-0.25, -0.2) is 4.98 Å². The van der Waals surface area contributed by atoms with Gasteiger partial charge in [0.2, 0.25) is 0 Å². The van der Waals surface area contributed by atoms with Gasteiger partial charge >= 0.3 is 0 Å². The first-order valence-electron chi connectivity index (χ1n) is 10.1. The van der Waals surface area contributed by atoms with E-state index in [-0.39, 0.29) is 5.91 Å². The maximum absolute atomic E-state index is 12.1. The van der Waals surface area contributed by atoms with E-state index < -0.39 is 0 Å². The first-order chi connectivity index (χ1) is 14.2. The van der Waals surface area contributed by atoms with E-state index in [4.69, 9.17) is 9.47 Å². The highest BCUT2D eigenvalue weighted by Gasteiger charge is 2.25. The Balaban J connectivity index is 1.32. The molecular formula is C22H28N4O3. The summed E-state index contributed by atoms with van der Waals surface area (Å²) in [7, 11) is 3.32. The smallest absolute Gasteiger partial charge is 0.253 e. The van der Waals surface area contributed by atoms with Gasteiger partial charge < -0.3 is 25.0 Å². The molecule has 1 aromatic heterocycles. The van der Waals surface area contributed by atoms with Crippen LogP contribution in [0.1, 0.15) is 35.2 Å². The molecule has 1 aliphatic carbocycles. The predicted octanol–water partition coefficient (Wildman–Crippen LogP) is 2.36. The Morgan fingerprint density at radius 1 is 1.14 bits per heavy atom. The standard InChI is InChI=1S/C22H28N4O3/c1-28-19-5-3-4-15(21(19)29-2)12-23-18-10-11-26(14-18)20-9-6-16(13-24-20)22(27)25-17-7-8-17/h3-6,9,13,17-18,23H,7-8,10-12,14H2,1-2H3,(H,25,27). The molecule has 1 unspecified atom stereocenters. The number of benzene rings is 1. The lowest BCUT2D eigenvalue weighted by Gasteiger charge is -2.19. The van der Waals surface area contributed by atoms with E-state index in [1.165, 1.54) is 0 Å². The molecule has 0 bridgehead atoms. The van der Waals surface area contributed by atoms with Crippen LogP contribution in [0.25, 0.3) is 0 Å². The lowest BCUT2D eigenvalue weighted by atomic mass is 10.1. The van der Waals surface area contributed by atoms with Crippen molar-refractivity contribution in [3.05, 3.63) is 47.7 Å². The maximum Gasteiger partial charge on any atom is 0.253 e. The van der Waals surface area contributed by atoms with Crippen molar-refractivity contribution in [1.29, 1.82) is 0 Å². The summed E-state index contributed by atoms with van der Waals surface area (Å²) in [5.41, 5.74) is 1.70. The number of hydrogen-bond acceptors (Lipinski definition) is 6. The van der Waals surface area contributed by atoms with Crippen LogP contribution >= 0.6 is 0 Å². The normalized spacial score (nSPS) is 18.6. The summed E-state index contributed by atoms with van der Waals surface area (Å²) in [4.78, 5) is 18.9. The fourth-order valence-corrected chi connectivity index (χ4v) is 3.69. The first kappa shape index (κ1) is 19.5. The van der Waals surface area contributed by atoms with E-state index in [1.807, 2.05) is 30.3 Å². The number of methoxy groups -OCH3 is 2. The van der Waals surface area contributed by atoms with Gasteiger partial charge in [-0.3, -0.25) is 4.79 Å². The molecule has 29 heavy (non-hydrogen) atoms. The molecule has 1 amide bonds. The van der Waals surface area contributed by atoms with Crippen molar-refractivity contribution in [1.82, 2.24) is 15.6 Å². The van der Waals surface area contributed by atoms with Gasteiger partial charge in [-0.1, -0.05) is 12.1 Å². The zero-order valence-electron chi connectivity index (χ0n) is 17.0. The quantitative estimate of drug-likeness (QED) is 0.714. The fraction of sp³-hybridized carbons (Fsp3) is 0.455. The predicted molar refractivity (Wildman–Crippen MR) is 112 cm³/mol. The van der Waals surface area contributed by atoms with Gasteiger partial charge in [0, 0.05) is 43.5 Å². The summed E-state index contributed by atoms with van der Waals surface area (Å²) in [6.07, 6.45) is 4.88. The van der Waals surface area contributed by atoms with Crippen LogP contribution in [0.2, 0.25) is 0 Å². The lowest BCUT2D eigenvalue weighted by molar-refractivity contribution is 0.0950. The Morgan fingerprint density at radius 3 is 2.69 bits per heavy atom.